The van der Waals surface area contributed by atoms with Crippen LogP contribution in [0.2, 0.25) is 0 Å². The molecule has 20 heavy (non-hydrogen) atoms. The van der Waals surface area contributed by atoms with Gasteiger partial charge in [-0.05, 0) is 34.4 Å². The average molecular weight is 265 g/mol. The van der Waals surface area contributed by atoms with Gasteiger partial charge < -0.3 is 10.4 Å². The van der Waals surface area contributed by atoms with Crippen molar-refractivity contribution in [1.82, 2.24) is 0 Å². The van der Waals surface area contributed by atoms with Crippen LogP contribution in [0, 0.1) is 0 Å². The summed E-state index contributed by atoms with van der Waals surface area (Å²) in [6.07, 6.45) is 0.115. The largest absolute Gasteiger partial charge is 0.396 e. The molecule has 3 aromatic rings. The van der Waals surface area contributed by atoms with Crippen LogP contribution >= 0.6 is 0 Å². The van der Waals surface area contributed by atoms with Gasteiger partial charge >= 0.3 is 0 Å². The summed E-state index contributed by atoms with van der Waals surface area (Å²) in [5, 5.41) is 16.1. The predicted octanol–water partition coefficient (Wildman–Crippen LogP) is 3.31. The smallest absolute Gasteiger partial charge is 0.226 e. The normalized spacial score (nSPS) is 10.8. The lowest BCUT2D eigenvalue weighted by Crippen LogP contribution is -2.12. The molecule has 1 amide bonds. The van der Waals surface area contributed by atoms with Crippen molar-refractivity contribution in [2.45, 2.75) is 6.42 Å². The highest BCUT2D eigenvalue weighted by atomic mass is 16.3. The number of rotatable bonds is 3. The Morgan fingerprint density at radius 1 is 0.950 bits per heavy atom. The molecule has 0 saturated carbocycles. The van der Waals surface area contributed by atoms with Gasteiger partial charge in [-0.25, -0.2) is 0 Å². The monoisotopic (exact) mass is 265 g/mol. The molecule has 0 unspecified atom stereocenters. The number of amides is 1. The zero-order chi connectivity index (χ0) is 13.9. The number of nitrogens with one attached hydrogen (secondary N) is 1. The highest BCUT2D eigenvalue weighted by Crippen LogP contribution is 2.28. The molecule has 0 aliphatic rings. The van der Waals surface area contributed by atoms with Crippen LogP contribution in [0.1, 0.15) is 6.42 Å². The summed E-state index contributed by atoms with van der Waals surface area (Å²) in [5.74, 6) is -0.173. The molecular weight excluding hydrogens is 250 g/mol. The number of fused-ring (bicyclic) bond motifs is 2. The molecule has 3 rings (SSSR count). The van der Waals surface area contributed by atoms with Crippen LogP contribution in [-0.4, -0.2) is 17.6 Å². The van der Waals surface area contributed by atoms with Crippen LogP contribution in [0.15, 0.2) is 54.6 Å². The van der Waals surface area contributed by atoms with E-state index in [2.05, 4.69) is 29.6 Å². The third kappa shape index (κ3) is 2.36. The molecule has 0 aromatic heterocycles. The lowest BCUT2D eigenvalue weighted by Gasteiger charge is -2.09. The standard InChI is InChI=1S/C17H15NO2/c19-9-8-17(20)18-16-7-3-6-14-10-12-4-1-2-5-13(12)11-15(14)16/h1-7,10-11,19H,8-9H2,(H,18,20). The quantitative estimate of drug-likeness (QED) is 0.714. The molecule has 3 nitrogen and oxygen atoms in total. The summed E-state index contributed by atoms with van der Waals surface area (Å²) in [7, 11) is 0. The fourth-order valence-electron chi connectivity index (χ4n) is 2.39. The molecule has 100 valence electrons. The van der Waals surface area contributed by atoms with Gasteiger partial charge in [-0.2, -0.15) is 0 Å². The van der Waals surface area contributed by atoms with E-state index in [-0.39, 0.29) is 18.9 Å². The minimum Gasteiger partial charge on any atom is -0.396 e. The molecule has 0 spiro atoms. The van der Waals surface area contributed by atoms with Crippen LogP contribution in [0.3, 0.4) is 0 Å². The minimum atomic E-state index is -0.173. The van der Waals surface area contributed by atoms with Crippen LogP contribution in [0.5, 0.6) is 0 Å². The van der Waals surface area contributed by atoms with Crippen LogP contribution < -0.4 is 5.32 Å². The van der Waals surface area contributed by atoms with Gasteiger partial charge in [-0.1, -0.05) is 36.4 Å². The van der Waals surface area contributed by atoms with E-state index in [1.807, 2.05) is 30.3 Å². The molecule has 3 aromatic carbocycles. The Balaban J connectivity index is 2.12. The molecule has 0 radical (unpaired) electrons. The molecule has 0 atom stereocenters. The zero-order valence-electron chi connectivity index (χ0n) is 11.0. The van der Waals surface area contributed by atoms with Crippen molar-refractivity contribution in [1.29, 1.82) is 0 Å². The van der Waals surface area contributed by atoms with Crippen molar-refractivity contribution < 1.29 is 9.90 Å². The van der Waals surface area contributed by atoms with E-state index in [1.165, 1.54) is 5.39 Å². The Labute approximate surface area is 116 Å². The molecule has 0 aliphatic carbocycles. The lowest BCUT2D eigenvalue weighted by molar-refractivity contribution is -0.116. The first-order chi connectivity index (χ1) is 9.78. The van der Waals surface area contributed by atoms with E-state index >= 15 is 0 Å². The number of hydrogen-bond acceptors (Lipinski definition) is 2. The van der Waals surface area contributed by atoms with Crippen molar-refractivity contribution in [3.63, 3.8) is 0 Å². The molecule has 3 heteroatoms. The fraction of sp³-hybridized carbons (Fsp3) is 0.118. The third-order valence-electron chi connectivity index (χ3n) is 3.36. The first-order valence-corrected chi connectivity index (χ1v) is 6.60. The van der Waals surface area contributed by atoms with Gasteiger partial charge in [0.05, 0.1) is 13.0 Å². The molecule has 0 aliphatic heterocycles. The van der Waals surface area contributed by atoms with E-state index in [0.29, 0.717) is 0 Å². The van der Waals surface area contributed by atoms with Gasteiger partial charge in [-0.3, -0.25) is 4.79 Å². The van der Waals surface area contributed by atoms with Gasteiger partial charge in [0.1, 0.15) is 0 Å². The predicted molar refractivity (Wildman–Crippen MR) is 81.8 cm³/mol. The van der Waals surface area contributed by atoms with Crippen molar-refractivity contribution in [3.8, 4) is 0 Å². The summed E-state index contributed by atoms with van der Waals surface area (Å²) in [6.45, 7) is -0.139. The van der Waals surface area contributed by atoms with E-state index in [9.17, 15) is 4.79 Å². The summed E-state index contributed by atoms with van der Waals surface area (Å²) in [5.41, 5.74) is 0.784. The maximum Gasteiger partial charge on any atom is 0.226 e. The van der Waals surface area contributed by atoms with Crippen molar-refractivity contribution in [2.24, 2.45) is 0 Å². The van der Waals surface area contributed by atoms with E-state index in [4.69, 9.17) is 5.11 Å². The van der Waals surface area contributed by atoms with Gasteiger partial charge in [0, 0.05) is 11.1 Å². The van der Waals surface area contributed by atoms with E-state index in [0.717, 1.165) is 21.8 Å². The number of aliphatic hydroxyl groups excluding tert-OH is 1. The maximum atomic E-state index is 11.6. The molecular formula is C17H15NO2. The summed E-state index contributed by atoms with van der Waals surface area (Å²) in [6, 6.07) is 18.2. The second-order valence-corrected chi connectivity index (χ2v) is 4.75. The number of aliphatic hydroxyl groups is 1. The Morgan fingerprint density at radius 2 is 1.65 bits per heavy atom. The molecule has 0 heterocycles. The number of carbonyl (C=O) groups excluding carboxylic acids is 1. The third-order valence-corrected chi connectivity index (χ3v) is 3.36. The Hall–Kier alpha value is -2.39. The van der Waals surface area contributed by atoms with Crippen molar-refractivity contribution in [3.05, 3.63) is 54.6 Å². The number of hydrogen-bond donors (Lipinski definition) is 2. The Morgan fingerprint density at radius 3 is 2.40 bits per heavy atom. The molecule has 0 saturated heterocycles. The van der Waals surface area contributed by atoms with Crippen LogP contribution in [0.4, 0.5) is 5.69 Å². The first kappa shape index (κ1) is 12.6. The molecule has 0 fully saturated rings. The van der Waals surface area contributed by atoms with Crippen LogP contribution in [-0.2, 0) is 4.79 Å². The van der Waals surface area contributed by atoms with Gasteiger partial charge in [0.2, 0.25) is 5.91 Å². The summed E-state index contributed by atoms with van der Waals surface area (Å²) in [4.78, 5) is 11.6. The van der Waals surface area contributed by atoms with Crippen LogP contribution in [0.25, 0.3) is 21.5 Å². The average Bonchev–Trinajstić information content (AvgIpc) is 2.46. The van der Waals surface area contributed by atoms with Crippen molar-refractivity contribution >= 4 is 33.1 Å². The van der Waals surface area contributed by atoms with E-state index < -0.39 is 0 Å². The van der Waals surface area contributed by atoms with Gasteiger partial charge in [0.15, 0.2) is 0 Å². The Kier molecular flexibility index (Phi) is 3.35. The topological polar surface area (TPSA) is 49.3 Å². The SMILES string of the molecule is O=C(CCO)Nc1cccc2cc3ccccc3cc12. The Bertz CT molecular complexity index is 780. The van der Waals surface area contributed by atoms with Gasteiger partial charge in [-0.15, -0.1) is 0 Å². The first-order valence-electron chi connectivity index (χ1n) is 6.60. The second-order valence-electron chi connectivity index (χ2n) is 4.75. The number of benzene rings is 3. The molecule has 2 N–H and O–H groups in total. The van der Waals surface area contributed by atoms with Gasteiger partial charge in [0.25, 0.3) is 0 Å². The highest BCUT2D eigenvalue weighted by molar-refractivity contribution is 6.07. The summed E-state index contributed by atoms with van der Waals surface area (Å²) >= 11 is 0. The minimum absolute atomic E-state index is 0.115. The second kappa shape index (κ2) is 5.31. The molecule has 0 bridgehead atoms. The van der Waals surface area contributed by atoms with Crippen molar-refractivity contribution in [2.75, 3.05) is 11.9 Å². The maximum absolute atomic E-state index is 11.6. The highest BCUT2D eigenvalue weighted by Gasteiger charge is 2.06. The fourth-order valence-corrected chi connectivity index (χ4v) is 2.39. The van der Waals surface area contributed by atoms with E-state index in [1.54, 1.807) is 0 Å². The zero-order valence-corrected chi connectivity index (χ0v) is 11.0. The number of carbonyl (C=O) groups is 1. The lowest BCUT2D eigenvalue weighted by atomic mass is 10.0. The summed E-state index contributed by atoms with van der Waals surface area (Å²) < 4.78 is 0. The number of anilines is 1.